The lowest BCUT2D eigenvalue weighted by atomic mass is 9.91. The van der Waals surface area contributed by atoms with Gasteiger partial charge in [0, 0.05) is 35.9 Å². The van der Waals surface area contributed by atoms with Gasteiger partial charge in [0.15, 0.2) is 23.6 Å². The van der Waals surface area contributed by atoms with Crippen molar-refractivity contribution in [2.45, 2.75) is 49.5 Å². The highest BCUT2D eigenvalue weighted by Crippen LogP contribution is 2.36. The fourth-order valence-electron chi connectivity index (χ4n) is 5.51. The van der Waals surface area contributed by atoms with E-state index in [0.717, 1.165) is 22.4 Å². The van der Waals surface area contributed by atoms with E-state index in [1.165, 1.54) is 18.2 Å². The Balaban J connectivity index is 1.54. The summed E-state index contributed by atoms with van der Waals surface area (Å²) in [6.45, 7) is 1.73. The lowest BCUT2D eigenvalue weighted by molar-refractivity contribution is -0.211. The standard InChI is InChI=1S/C27H29BrF3N5O6/c1-12-3-14(28)7-15(4-12)36(19-8-32-9-20(19)38)27(40)26-25(41-2)23(24(39)21(11-37)42-26)35-10-18(33-34-35)13-5-16(29)22(31)17(30)6-13/h3-7,10,19-21,23-26,32,37-39H,8-9,11H2,1-2H3/t19-,20-,21?,23?,24?,25?,26?/m0/s1. The Hall–Kier alpha value is -2.92. The monoisotopic (exact) mass is 655 g/mol. The van der Waals surface area contributed by atoms with Gasteiger partial charge in [-0.15, -0.1) is 5.10 Å². The van der Waals surface area contributed by atoms with Crippen molar-refractivity contribution < 1.29 is 42.8 Å². The third-order valence-corrected chi connectivity index (χ3v) is 7.96. The summed E-state index contributed by atoms with van der Waals surface area (Å²) in [6, 6.07) is 5.03. The van der Waals surface area contributed by atoms with Crippen molar-refractivity contribution in [3.8, 4) is 11.3 Å². The third kappa shape index (κ3) is 5.69. The van der Waals surface area contributed by atoms with Gasteiger partial charge < -0.3 is 35.0 Å². The van der Waals surface area contributed by atoms with Gasteiger partial charge in [0.25, 0.3) is 5.91 Å². The number of aromatic nitrogens is 3. The number of ether oxygens (including phenoxy) is 2. The average Bonchev–Trinajstić information content (AvgIpc) is 3.60. The maximum absolute atomic E-state index is 14.3. The third-order valence-electron chi connectivity index (χ3n) is 7.50. The Morgan fingerprint density at radius 1 is 1.19 bits per heavy atom. The number of carbonyl (C=O) groups is 1. The zero-order valence-corrected chi connectivity index (χ0v) is 24.1. The van der Waals surface area contributed by atoms with Crippen LogP contribution in [0.5, 0.6) is 0 Å². The molecule has 3 heterocycles. The number of carbonyl (C=O) groups excluding carboxylic acids is 1. The van der Waals surface area contributed by atoms with E-state index >= 15 is 0 Å². The number of benzene rings is 2. The van der Waals surface area contributed by atoms with Crippen molar-refractivity contribution in [1.82, 2.24) is 20.3 Å². The number of aryl methyl sites for hydroxylation is 1. The minimum Gasteiger partial charge on any atom is -0.394 e. The van der Waals surface area contributed by atoms with Crippen LogP contribution >= 0.6 is 15.9 Å². The molecule has 1 aromatic heterocycles. The van der Waals surface area contributed by atoms with Crippen LogP contribution in [0, 0.1) is 24.4 Å². The number of aliphatic hydroxyl groups excluding tert-OH is 3. The lowest BCUT2D eigenvalue weighted by Crippen LogP contribution is -2.63. The van der Waals surface area contributed by atoms with Crippen molar-refractivity contribution >= 4 is 27.5 Å². The predicted molar refractivity (Wildman–Crippen MR) is 146 cm³/mol. The summed E-state index contributed by atoms with van der Waals surface area (Å²) in [5.74, 6) is -5.08. The second-order valence-electron chi connectivity index (χ2n) is 10.3. The van der Waals surface area contributed by atoms with Crippen molar-refractivity contribution in [2.75, 3.05) is 31.7 Å². The predicted octanol–water partition coefficient (Wildman–Crippen LogP) is 1.48. The molecule has 7 atom stereocenters. The molecule has 42 heavy (non-hydrogen) atoms. The lowest BCUT2D eigenvalue weighted by Gasteiger charge is -2.45. The molecule has 2 fully saturated rings. The largest absolute Gasteiger partial charge is 0.394 e. The number of aliphatic hydroxyl groups is 3. The molecular weight excluding hydrogens is 627 g/mol. The number of nitrogens with zero attached hydrogens (tertiary/aromatic N) is 4. The van der Waals surface area contributed by atoms with Gasteiger partial charge in [0.1, 0.15) is 30.0 Å². The normalized spacial score (nSPS) is 27.8. The van der Waals surface area contributed by atoms with Gasteiger partial charge in [0.05, 0.1) is 24.9 Å². The zero-order valence-electron chi connectivity index (χ0n) is 22.5. The van der Waals surface area contributed by atoms with Crippen LogP contribution in [0.25, 0.3) is 11.3 Å². The molecule has 5 rings (SSSR count). The van der Waals surface area contributed by atoms with Crippen molar-refractivity contribution in [3.63, 3.8) is 0 Å². The Kier molecular flexibility index (Phi) is 8.99. The number of halogens is 4. The molecule has 2 aromatic carbocycles. The summed E-state index contributed by atoms with van der Waals surface area (Å²) in [4.78, 5) is 15.8. The Morgan fingerprint density at radius 2 is 1.90 bits per heavy atom. The molecule has 2 saturated heterocycles. The molecule has 3 aromatic rings. The second-order valence-corrected chi connectivity index (χ2v) is 11.2. The van der Waals surface area contributed by atoms with Crippen LogP contribution in [-0.2, 0) is 14.3 Å². The molecule has 0 saturated carbocycles. The van der Waals surface area contributed by atoms with Gasteiger partial charge in [-0.2, -0.15) is 0 Å². The first kappa shape index (κ1) is 30.5. The molecule has 0 bridgehead atoms. The van der Waals surface area contributed by atoms with Gasteiger partial charge in [-0.3, -0.25) is 4.79 Å². The summed E-state index contributed by atoms with van der Waals surface area (Å²) in [5.41, 5.74) is 1.16. The molecule has 2 aliphatic heterocycles. The van der Waals surface area contributed by atoms with E-state index in [1.54, 1.807) is 12.1 Å². The smallest absolute Gasteiger partial charge is 0.259 e. The van der Waals surface area contributed by atoms with Crippen molar-refractivity contribution in [3.05, 3.63) is 64.0 Å². The number of methoxy groups -OCH3 is 1. The molecule has 1 amide bonds. The van der Waals surface area contributed by atoms with Gasteiger partial charge in [-0.1, -0.05) is 21.1 Å². The number of rotatable bonds is 7. The van der Waals surface area contributed by atoms with Gasteiger partial charge in [-0.05, 0) is 42.8 Å². The van der Waals surface area contributed by atoms with Crippen molar-refractivity contribution in [1.29, 1.82) is 0 Å². The first-order valence-electron chi connectivity index (χ1n) is 13.1. The minimum atomic E-state index is -1.63. The number of hydrogen-bond acceptors (Lipinski definition) is 9. The topological polar surface area (TPSA) is 142 Å². The molecule has 5 unspecified atom stereocenters. The Labute approximate surface area is 247 Å². The quantitative estimate of drug-likeness (QED) is 0.279. The van der Waals surface area contributed by atoms with Crippen LogP contribution in [0.4, 0.5) is 18.9 Å². The van der Waals surface area contributed by atoms with Crippen LogP contribution in [0.15, 0.2) is 41.0 Å². The summed E-state index contributed by atoms with van der Waals surface area (Å²) < 4.78 is 54.7. The van der Waals surface area contributed by atoms with E-state index in [2.05, 4.69) is 31.6 Å². The highest BCUT2D eigenvalue weighted by Gasteiger charge is 2.52. The second kappa shape index (κ2) is 12.4. The van der Waals surface area contributed by atoms with E-state index in [0.29, 0.717) is 10.2 Å². The summed E-state index contributed by atoms with van der Waals surface area (Å²) in [7, 11) is 1.30. The van der Waals surface area contributed by atoms with E-state index in [4.69, 9.17) is 9.47 Å². The molecular formula is C27H29BrF3N5O6. The molecule has 226 valence electrons. The Bertz CT molecular complexity index is 1420. The highest BCUT2D eigenvalue weighted by molar-refractivity contribution is 9.10. The van der Waals surface area contributed by atoms with Crippen LogP contribution < -0.4 is 10.2 Å². The van der Waals surface area contributed by atoms with Gasteiger partial charge >= 0.3 is 0 Å². The van der Waals surface area contributed by atoms with E-state index in [9.17, 15) is 33.3 Å². The number of hydrogen-bond donors (Lipinski definition) is 4. The number of amides is 1. The Morgan fingerprint density at radius 3 is 2.50 bits per heavy atom. The molecule has 4 N–H and O–H groups in total. The SMILES string of the molecule is COC1C(C(=O)N(c2cc(C)cc(Br)c2)[C@H]2CNC[C@@H]2O)OC(CO)C(O)C1n1cc(-c2cc(F)c(F)c(F)c2)nn1. The molecule has 0 aliphatic carbocycles. The van der Waals surface area contributed by atoms with E-state index in [-0.39, 0.29) is 24.3 Å². The van der Waals surface area contributed by atoms with Crippen LogP contribution in [0.1, 0.15) is 11.6 Å². The fourth-order valence-corrected chi connectivity index (χ4v) is 6.10. The van der Waals surface area contributed by atoms with E-state index < -0.39 is 72.6 Å². The van der Waals surface area contributed by atoms with Crippen LogP contribution in [0.2, 0.25) is 0 Å². The number of anilines is 1. The first-order valence-corrected chi connectivity index (χ1v) is 13.9. The maximum atomic E-state index is 14.3. The summed E-state index contributed by atoms with van der Waals surface area (Å²) in [5, 5.41) is 43.0. The first-order chi connectivity index (χ1) is 20.0. The molecule has 0 radical (unpaired) electrons. The zero-order chi connectivity index (χ0) is 30.3. The minimum absolute atomic E-state index is 0.0452. The molecule has 2 aliphatic rings. The van der Waals surface area contributed by atoms with Crippen LogP contribution in [0.3, 0.4) is 0 Å². The van der Waals surface area contributed by atoms with E-state index in [1.807, 2.05) is 13.0 Å². The molecule has 11 nitrogen and oxygen atoms in total. The summed E-state index contributed by atoms with van der Waals surface area (Å²) in [6.07, 6.45) is -4.97. The summed E-state index contributed by atoms with van der Waals surface area (Å²) >= 11 is 3.45. The van der Waals surface area contributed by atoms with Crippen molar-refractivity contribution in [2.24, 2.45) is 0 Å². The van der Waals surface area contributed by atoms with Gasteiger partial charge in [-0.25, -0.2) is 17.9 Å². The number of β-amino-alcohol motifs (C(OH)–C–C–N with tert-alkyl or cyclic N) is 1. The fraction of sp³-hybridized carbons (Fsp3) is 0.444. The van der Waals surface area contributed by atoms with Crippen LogP contribution in [-0.4, -0.2) is 99.6 Å². The average molecular weight is 656 g/mol. The molecule has 0 spiro atoms. The van der Waals surface area contributed by atoms with Gasteiger partial charge in [0.2, 0.25) is 0 Å². The maximum Gasteiger partial charge on any atom is 0.259 e. The number of nitrogens with one attached hydrogen (secondary N) is 1. The highest BCUT2D eigenvalue weighted by atomic mass is 79.9. The molecule has 15 heteroatoms.